The lowest BCUT2D eigenvalue weighted by molar-refractivity contribution is -0.152. The largest absolute Gasteiger partial charge is 0.480 e. The highest BCUT2D eigenvalue weighted by atomic mass is 16.4. The monoisotopic (exact) mass is 267 g/mol. The highest BCUT2D eigenvalue weighted by molar-refractivity contribution is 5.79. The summed E-state index contributed by atoms with van der Waals surface area (Å²) in [5, 5.41) is 9.78. The van der Waals surface area contributed by atoms with E-state index < -0.39 is 11.5 Å². The summed E-state index contributed by atoms with van der Waals surface area (Å²) in [4.78, 5) is 14.2. The number of aliphatic carboxylic acids is 1. The van der Waals surface area contributed by atoms with Gasteiger partial charge in [-0.1, -0.05) is 33.1 Å². The number of hydrogen-bond acceptors (Lipinski definition) is 2. The third-order valence-electron chi connectivity index (χ3n) is 5.27. The molecular formula is C16H29NO2. The molecule has 2 aliphatic rings. The maximum absolute atomic E-state index is 11.9. The molecule has 0 aromatic heterocycles. The fourth-order valence-electron chi connectivity index (χ4n) is 4.23. The van der Waals surface area contributed by atoms with Crippen LogP contribution in [-0.2, 0) is 4.79 Å². The van der Waals surface area contributed by atoms with Gasteiger partial charge in [-0.25, -0.2) is 0 Å². The van der Waals surface area contributed by atoms with Crippen LogP contribution in [0.15, 0.2) is 0 Å². The molecule has 0 bridgehead atoms. The van der Waals surface area contributed by atoms with Gasteiger partial charge in [0.1, 0.15) is 5.54 Å². The van der Waals surface area contributed by atoms with Crippen LogP contribution in [-0.4, -0.2) is 34.1 Å². The zero-order chi connectivity index (χ0) is 13.9. The van der Waals surface area contributed by atoms with Crippen LogP contribution in [0.3, 0.4) is 0 Å². The third kappa shape index (κ3) is 2.96. The number of hydrogen-bond donors (Lipinski definition) is 1. The Labute approximate surface area is 117 Å². The molecule has 1 aliphatic carbocycles. The molecule has 2 fully saturated rings. The Kier molecular flexibility index (Phi) is 4.88. The second kappa shape index (κ2) is 6.25. The number of likely N-dealkylation sites (tertiary alicyclic amines) is 1. The molecule has 0 spiro atoms. The Bertz CT molecular complexity index is 318. The Morgan fingerprint density at radius 1 is 1.26 bits per heavy atom. The van der Waals surface area contributed by atoms with Gasteiger partial charge in [-0.2, -0.15) is 0 Å². The van der Waals surface area contributed by atoms with Gasteiger partial charge in [-0.05, 0) is 51.0 Å². The van der Waals surface area contributed by atoms with Crippen molar-refractivity contribution in [3.8, 4) is 0 Å². The van der Waals surface area contributed by atoms with Crippen LogP contribution in [0, 0.1) is 5.92 Å². The summed E-state index contributed by atoms with van der Waals surface area (Å²) in [5.74, 6) is 0.238. The summed E-state index contributed by atoms with van der Waals surface area (Å²) < 4.78 is 0. The highest BCUT2D eigenvalue weighted by Crippen LogP contribution is 2.39. The first kappa shape index (κ1) is 14.8. The van der Waals surface area contributed by atoms with Crippen LogP contribution >= 0.6 is 0 Å². The molecule has 1 N–H and O–H groups in total. The van der Waals surface area contributed by atoms with Crippen molar-refractivity contribution < 1.29 is 9.90 Å². The van der Waals surface area contributed by atoms with Crippen molar-refractivity contribution in [3.63, 3.8) is 0 Å². The van der Waals surface area contributed by atoms with Crippen molar-refractivity contribution in [1.29, 1.82) is 0 Å². The fraction of sp³-hybridized carbons (Fsp3) is 0.938. The number of carbonyl (C=O) groups is 1. The lowest BCUT2D eigenvalue weighted by Crippen LogP contribution is -2.54. The summed E-state index contributed by atoms with van der Waals surface area (Å²) in [6.07, 6.45) is 9.93. The van der Waals surface area contributed by atoms with Gasteiger partial charge in [0.25, 0.3) is 0 Å². The van der Waals surface area contributed by atoms with E-state index in [1.807, 2.05) is 0 Å². The second-order valence-electron chi connectivity index (χ2n) is 6.65. The molecule has 1 heterocycles. The van der Waals surface area contributed by atoms with Crippen LogP contribution in [0.1, 0.15) is 71.6 Å². The SMILES string of the molecule is CCCC1(C(=O)O)CCCN1C1CCCC(C)CC1. The average molecular weight is 267 g/mol. The van der Waals surface area contributed by atoms with E-state index in [0.717, 1.165) is 38.1 Å². The number of carboxylic acid groups (broad SMARTS) is 1. The minimum atomic E-state index is -0.579. The van der Waals surface area contributed by atoms with Gasteiger partial charge >= 0.3 is 5.97 Å². The normalized spacial score (nSPS) is 37.2. The van der Waals surface area contributed by atoms with Crippen molar-refractivity contribution in [2.24, 2.45) is 5.92 Å². The molecule has 110 valence electrons. The van der Waals surface area contributed by atoms with Crippen molar-refractivity contribution in [1.82, 2.24) is 4.90 Å². The lowest BCUT2D eigenvalue weighted by Gasteiger charge is -2.40. The van der Waals surface area contributed by atoms with Crippen LogP contribution in [0.4, 0.5) is 0 Å². The van der Waals surface area contributed by atoms with Crippen LogP contribution in [0.2, 0.25) is 0 Å². The molecule has 1 aliphatic heterocycles. The molecule has 3 heteroatoms. The summed E-state index contributed by atoms with van der Waals surface area (Å²) in [7, 11) is 0. The predicted octanol–water partition coefficient (Wildman–Crippen LogP) is 3.67. The van der Waals surface area contributed by atoms with Crippen molar-refractivity contribution in [2.75, 3.05) is 6.54 Å². The zero-order valence-corrected chi connectivity index (χ0v) is 12.5. The van der Waals surface area contributed by atoms with Gasteiger partial charge in [0.15, 0.2) is 0 Å². The summed E-state index contributed by atoms with van der Waals surface area (Å²) >= 11 is 0. The van der Waals surface area contributed by atoms with Gasteiger partial charge in [0, 0.05) is 6.04 Å². The second-order valence-corrected chi connectivity index (χ2v) is 6.65. The first-order valence-corrected chi connectivity index (χ1v) is 8.10. The van der Waals surface area contributed by atoms with Gasteiger partial charge < -0.3 is 5.11 Å². The number of nitrogens with zero attached hydrogens (tertiary/aromatic N) is 1. The van der Waals surface area contributed by atoms with E-state index in [9.17, 15) is 9.90 Å². The van der Waals surface area contributed by atoms with Crippen LogP contribution in [0.25, 0.3) is 0 Å². The Hall–Kier alpha value is -0.570. The average Bonchev–Trinajstić information content (AvgIpc) is 2.67. The highest BCUT2D eigenvalue weighted by Gasteiger charge is 2.49. The number of carboxylic acids is 1. The van der Waals surface area contributed by atoms with Gasteiger partial charge in [-0.15, -0.1) is 0 Å². The fourth-order valence-corrected chi connectivity index (χ4v) is 4.23. The Morgan fingerprint density at radius 3 is 2.74 bits per heavy atom. The first-order valence-electron chi connectivity index (χ1n) is 8.10. The lowest BCUT2D eigenvalue weighted by atomic mass is 9.88. The van der Waals surface area contributed by atoms with E-state index >= 15 is 0 Å². The molecular weight excluding hydrogens is 238 g/mol. The van der Waals surface area contributed by atoms with Gasteiger partial charge in [0.2, 0.25) is 0 Å². The van der Waals surface area contributed by atoms with E-state index in [1.165, 1.54) is 32.1 Å². The number of rotatable bonds is 4. The summed E-state index contributed by atoms with van der Waals surface area (Å²) in [6.45, 7) is 5.44. The van der Waals surface area contributed by atoms with Crippen molar-refractivity contribution in [3.05, 3.63) is 0 Å². The summed E-state index contributed by atoms with van der Waals surface area (Å²) in [5.41, 5.74) is -0.549. The molecule has 0 aromatic carbocycles. The van der Waals surface area contributed by atoms with Crippen LogP contribution < -0.4 is 0 Å². The van der Waals surface area contributed by atoms with Crippen LogP contribution in [0.5, 0.6) is 0 Å². The summed E-state index contributed by atoms with van der Waals surface area (Å²) in [6, 6.07) is 0.509. The molecule has 1 saturated carbocycles. The van der Waals surface area contributed by atoms with Gasteiger partial charge in [-0.3, -0.25) is 9.69 Å². The van der Waals surface area contributed by atoms with Gasteiger partial charge in [0.05, 0.1) is 0 Å². The Balaban J connectivity index is 2.14. The topological polar surface area (TPSA) is 40.5 Å². The van der Waals surface area contributed by atoms with E-state index in [2.05, 4.69) is 18.7 Å². The van der Waals surface area contributed by atoms with E-state index in [-0.39, 0.29) is 0 Å². The molecule has 0 aromatic rings. The minimum absolute atomic E-state index is 0.509. The smallest absolute Gasteiger partial charge is 0.324 e. The zero-order valence-electron chi connectivity index (χ0n) is 12.5. The molecule has 19 heavy (non-hydrogen) atoms. The molecule has 3 atom stereocenters. The maximum atomic E-state index is 11.9. The quantitative estimate of drug-likeness (QED) is 0.790. The molecule has 0 radical (unpaired) electrons. The standard InChI is InChI=1S/C16H29NO2/c1-3-10-16(15(18)19)11-5-12-17(16)14-7-4-6-13(2)8-9-14/h13-14H,3-12H2,1-2H3,(H,18,19). The third-order valence-corrected chi connectivity index (χ3v) is 5.27. The predicted molar refractivity (Wildman–Crippen MR) is 77.3 cm³/mol. The van der Waals surface area contributed by atoms with Crippen molar-refractivity contribution >= 4 is 5.97 Å². The molecule has 0 amide bonds. The van der Waals surface area contributed by atoms with E-state index in [4.69, 9.17) is 0 Å². The van der Waals surface area contributed by atoms with E-state index in [0.29, 0.717) is 6.04 Å². The van der Waals surface area contributed by atoms with E-state index in [1.54, 1.807) is 0 Å². The molecule has 3 unspecified atom stereocenters. The molecule has 1 saturated heterocycles. The molecule has 3 nitrogen and oxygen atoms in total. The maximum Gasteiger partial charge on any atom is 0.324 e. The Morgan fingerprint density at radius 2 is 2.05 bits per heavy atom. The minimum Gasteiger partial charge on any atom is -0.480 e. The first-order chi connectivity index (χ1) is 9.10. The molecule has 2 rings (SSSR count). The van der Waals surface area contributed by atoms with Crippen molar-refractivity contribution in [2.45, 2.75) is 83.2 Å².